The fourth-order valence-electron chi connectivity index (χ4n) is 2.53. The minimum Gasteiger partial charge on any atom is -0.343 e. The van der Waals surface area contributed by atoms with Crippen molar-refractivity contribution in [2.75, 3.05) is 19.3 Å². The van der Waals surface area contributed by atoms with Gasteiger partial charge in [-0.25, -0.2) is 13.1 Å². The molecule has 0 aromatic carbocycles. The summed E-state index contributed by atoms with van der Waals surface area (Å²) in [6.07, 6.45) is 7.24. The molecule has 122 valence electrons. The Morgan fingerprint density at radius 2 is 1.86 bits per heavy atom. The van der Waals surface area contributed by atoms with Crippen molar-refractivity contribution in [3.05, 3.63) is 23.8 Å². The lowest BCUT2D eigenvalue weighted by Gasteiger charge is -2.31. The van der Waals surface area contributed by atoms with Crippen LogP contribution in [0.1, 0.15) is 31.2 Å². The number of aromatic nitrogens is 2. The molecule has 2 rings (SSSR count). The van der Waals surface area contributed by atoms with Crippen molar-refractivity contribution < 1.29 is 13.2 Å². The maximum absolute atomic E-state index is 11.3. The molecule has 1 aromatic heterocycles. The fraction of sp³-hybridized carbons (Fsp3) is 0.643. The van der Waals surface area contributed by atoms with Gasteiger partial charge < -0.3 is 4.90 Å². The van der Waals surface area contributed by atoms with E-state index in [1.54, 1.807) is 19.3 Å². The van der Waals surface area contributed by atoms with E-state index in [9.17, 15) is 13.2 Å². The molecule has 7 nitrogen and oxygen atoms in total. The molecule has 0 unspecified atom stereocenters. The molecule has 1 aliphatic rings. The van der Waals surface area contributed by atoms with Crippen molar-refractivity contribution in [1.29, 1.82) is 0 Å². The van der Waals surface area contributed by atoms with E-state index < -0.39 is 10.0 Å². The van der Waals surface area contributed by atoms with Crippen LogP contribution in [0.2, 0.25) is 0 Å². The average Bonchev–Trinajstić information content (AvgIpc) is 2.46. The molecule has 1 aliphatic heterocycles. The summed E-state index contributed by atoms with van der Waals surface area (Å²) < 4.78 is 24.4. The number of sulfonamides is 1. The fourth-order valence-corrected chi connectivity index (χ4v) is 2.94. The number of nitrogens with zero attached hydrogens (tertiary/aromatic N) is 3. The Kier molecular flexibility index (Phi) is 5.47. The third-order valence-electron chi connectivity index (χ3n) is 3.83. The topological polar surface area (TPSA) is 92.3 Å². The molecular formula is C14H22N4O3S. The highest BCUT2D eigenvalue weighted by molar-refractivity contribution is 7.88. The SMILES string of the molecule is CC(=O)N1CCC(Cc2cnc(CNS(C)(=O)=O)cn2)CC1. The van der Waals surface area contributed by atoms with Gasteiger partial charge in [-0.1, -0.05) is 0 Å². The van der Waals surface area contributed by atoms with E-state index >= 15 is 0 Å². The third kappa shape index (κ3) is 5.34. The number of rotatable bonds is 5. The molecule has 0 bridgehead atoms. The zero-order valence-corrected chi connectivity index (χ0v) is 13.8. The number of piperidine rings is 1. The van der Waals surface area contributed by atoms with E-state index in [1.807, 2.05) is 4.90 Å². The van der Waals surface area contributed by atoms with Crippen molar-refractivity contribution in [1.82, 2.24) is 19.6 Å². The van der Waals surface area contributed by atoms with Crippen molar-refractivity contribution in [3.8, 4) is 0 Å². The van der Waals surface area contributed by atoms with Gasteiger partial charge in [0.15, 0.2) is 0 Å². The second kappa shape index (κ2) is 7.15. The highest BCUT2D eigenvalue weighted by Gasteiger charge is 2.21. The zero-order chi connectivity index (χ0) is 16.2. The van der Waals surface area contributed by atoms with E-state index in [-0.39, 0.29) is 12.5 Å². The molecule has 0 spiro atoms. The second-order valence-electron chi connectivity index (χ2n) is 5.75. The van der Waals surface area contributed by atoms with E-state index in [1.165, 1.54) is 0 Å². The number of carbonyl (C=O) groups excluding carboxylic acids is 1. The number of hydrogen-bond acceptors (Lipinski definition) is 5. The molecule has 8 heteroatoms. The standard InChI is InChI=1S/C14H22N4O3S/c1-11(19)18-5-3-12(4-6-18)7-13-8-16-14(9-15-13)10-17-22(2,20)21/h8-9,12,17H,3-7,10H2,1-2H3. The summed E-state index contributed by atoms with van der Waals surface area (Å²) in [7, 11) is -3.22. The first-order chi connectivity index (χ1) is 10.3. The maximum atomic E-state index is 11.3. The molecule has 0 aliphatic carbocycles. The Bertz CT molecular complexity index is 607. The van der Waals surface area contributed by atoms with Crippen LogP contribution in [0.4, 0.5) is 0 Å². The average molecular weight is 326 g/mol. The molecule has 0 atom stereocenters. The Labute approximate surface area is 131 Å². The van der Waals surface area contributed by atoms with Gasteiger partial charge in [-0.05, 0) is 25.2 Å². The van der Waals surface area contributed by atoms with Crippen molar-refractivity contribution in [2.45, 2.75) is 32.7 Å². The molecule has 1 N–H and O–H groups in total. The van der Waals surface area contributed by atoms with E-state index in [0.717, 1.165) is 44.3 Å². The van der Waals surface area contributed by atoms with Gasteiger partial charge in [-0.2, -0.15) is 0 Å². The number of nitrogens with one attached hydrogen (secondary N) is 1. The Hall–Kier alpha value is -1.54. The van der Waals surface area contributed by atoms with Gasteiger partial charge in [-0.3, -0.25) is 14.8 Å². The summed E-state index contributed by atoms with van der Waals surface area (Å²) in [5.74, 6) is 0.658. The summed E-state index contributed by atoms with van der Waals surface area (Å²) in [5, 5.41) is 0. The zero-order valence-electron chi connectivity index (χ0n) is 12.9. The lowest BCUT2D eigenvalue weighted by molar-refractivity contribution is -0.130. The van der Waals surface area contributed by atoms with Gasteiger partial charge in [0.05, 0.1) is 30.4 Å². The van der Waals surface area contributed by atoms with Crippen molar-refractivity contribution in [2.24, 2.45) is 5.92 Å². The first-order valence-corrected chi connectivity index (χ1v) is 9.22. The monoisotopic (exact) mass is 326 g/mol. The molecule has 1 saturated heterocycles. The van der Waals surface area contributed by atoms with E-state index in [2.05, 4.69) is 14.7 Å². The highest BCUT2D eigenvalue weighted by atomic mass is 32.2. The van der Waals surface area contributed by atoms with Crippen LogP contribution in [0, 0.1) is 5.92 Å². The molecule has 2 heterocycles. The molecule has 22 heavy (non-hydrogen) atoms. The smallest absolute Gasteiger partial charge is 0.219 e. The number of hydrogen-bond donors (Lipinski definition) is 1. The molecule has 1 amide bonds. The lowest BCUT2D eigenvalue weighted by Crippen LogP contribution is -2.37. The molecule has 0 radical (unpaired) electrons. The van der Waals surface area contributed by atoms with Gasteiger partial charge >= 0.3 is 0 Å². The van der Waals surface area contributed by atoms with Gasteiger partial charge in [0.1, 0.15) is 0 Å². The number of carbonyl (C=O) groups is 1. The Morgan fingerprint density at radius 1 is 1.27 bits per heavy atom. The minimum atomic E-state index is -3.22. The van der Waals surface area contributed by atoms with Gasteiger partial charge in [0.25, 0.3) is 0 Å². The Balaban J connectivity index is 1.83. The third-order valence-corrected chi connectivity index (χ3v) is 4.50. The lowest BCUT2D eigenvalue weighted by atomic mass is 9.92. The summed E-state index contributed by atoms with van der Waals surface area (Å²) in [6, 6.07) is 0. The van der Waals surface area contributed by atoms with Crippen LogP contribution >= 0.6 is 0 Å². The molecule has 1 aromatic rings. The number of likely N-dealkylation sites (tertiary alicyclic amines) is 1. The molecule has 1 fully saturated rings. The van der Waals surface area contributed by atoms with Gasteiger partial charge in [0.2, 0.25) is 15.9 Å². The van der Waals surface area contributed by atoms with Gasteiger partial charge in [-0.15, -0.1) is 0 Å². The summed E-state index contributed by atoms with van der Waals surface area (Å²) >= 11 is 0. The first-order valence-electron chi connectivity index (χ1n) is 7.33. The largest absolute Gasteiger partial charge is 0.343 e. The van der Waals surface area contributed by atoms with Crippen LogP contribution in [-0.4, -0.2) is 48.5 Å². The summed E-state index contributed by atoms with van der Waals surface area (Å²) in [6.45, 7) is 3.38. The molecular weight excluding hydrogens is 304 g/mol. The van der Waals surface area contributed by atoms with Crippen LogP contribution in [0.15, 0.2) is 12.4 Å². The van der Waals surface area contributed by atoms with Crippen LogP contribution < -0.4 is 4.72 Å². The minimum absolute atomic E-state index is 0.140. The second-order valence-corrected chi connectivity index (χ2v) is 7.58. The number of amides is 1. The van der Waals surface area contributed by atoms with Gasteiger partial charge in [0, 0.05) is 26.2 Å². The highest BCUT2D eigenvalue weighted by Crippen LogP contribution is 2.20. The van der Waals surface area contributed by atoms with Crippen LogP contribution in [0.5, 0.6) is 0 Å². The summed E-state index contributed by atoms with van der Waals surface area (Å²) in [5.41, 5.74) is 1.50. The van der Waals surface area contributed by atoms with E-state index in [0.29, 0.717) is 11.6 Å². The normalized spacial score (nSPS) is 16.7. The predicted octanol–water partition coefficient (Wildman–Crippen LogP) is 0.327. The summed E-state index contributed by atoms with van der Waals surface area (Å²) in [4.78, 5) is 21.8. The van der Waals surface area contributed by atoms with Crippen LogP contribution in [0.25, 0.3) is 0 Å². The quantitative estimate of drug-likeness (QED) is 0.841. The van der Waals surface area contributed by atoms with E-state index in [4.69, 9.17) is 0 Å². The first kappa shape index (κ1) is 16.8. The van der Waals surface area contributed by atoms with Crippen molar-refractivity contribution in [3.63, 3.8) is 0 Å². The Morgan fingerprint density at radius 3 is 2.36 bits per heavy atom. The van der Waals surface area contributed by atoms with Crippen LogP contribution in [-0.2, 0) is 27.8 Å². The predicted molar refractivity (Wildman–Crippen MR) is 82.4 cm³/mol. The van der Waals surface area contributed by atoms with Crippen LogP contribution in [0.3, 0.4) is 0 Å². The maximum Gasteiger partial charge on any atom is 0.219 e. The molecule has 0 saturated carbocycles. The van der Waals surface area contributed by atoms with Crippen molar-refractivity contribution >= 4 is 15.9 Å².